The number of para-hydroxylation sites is 2. The number of H-pyrrole nitrogens is 1. The summed E-state index contributed by atoms with van der Waals surface area (Å²) in [4.78, 5) is 19.1. The molecule has 0 bridgehead atoms. The number of alkyl carbamates (subject to hydrolysis) is 1. The Hall–Kier alpha value is -2.04. The molecule has 0 atom stereocenters. The Kier molecular flexibility index (Phi) is 4.98. The zero-order valence-corrected chi connectivity index (χ0v) is 12.0. The molecule has 1 amide bonds. The Morgan fingerprint density at radius 1 is 1.40 bits per heavy atom. The highest BCUT2D eigenvalue weighted by Gasteiger charge is 2.04. The molecule has 5 nitrogen and oxygen atoms in total. The van der Waals surface area contributed by atoms with Gasteiger partial charge in [0.25, 0.3) is 0 Å². The van der Waals surface area contributed by atoms with Gasteiger partial charge in [-0.05, 0) is 24.5 Å². The minimum Gasteiger partial charge on any atom is -0.449 e. The van der Waals surface area contributed by atoms with Gasteiger partial charge in [-0.15, -0.1) is 0 Å². The van der Waals surface area contributed by atoms with Crippen LogP contribution < -0.4 is 5.32 Å². The second-order valence-electron chi connectivity index (χ2n) is 5.22. The molecule has 0 spiro atoms. The number of hydrogen-bond donors (Lipinski definition) is 2. The molecule has 2 rings (SSSR count). The van der Waals surface area contributed by atoms with E-state index in [0.717, 1.165) is 29.7 Å². The summed E-state index contributed by atoms with van der Waals surface area (Å²) in [6.45, 7) is 5.06. The van der Waals surface area contributed by atoms with Gasteiger partial charge in [0.1, 0.15) is 5.82 Å². The molecule has 0 saturated heterocycles. The fourth-order valence-corrected chi connectivity index (χ4v) is 1.86. The molecule has 0 fully saturated rings. The summed E-state index contributed by atoms with van der Waals surface area (Å²) in [6.07, 6.45) is 1.29. The van der Waals surface area contributed by atoms with E-state index in [2.05, 4.69) is 15.3 Å². The molecular weight excluding hydrogens is 254 g/mol. The van der Waals surface area contributed by atoms with Crippen LogP contribution in [0, 0.1) is 5.92 Å². The van der Waals surface area contributed by atoms with Gasteiger partial charge in [-0.2, -0.15) is 0 Å². The van der Waals surface area contributed by atoms with E-state index in [1.807, 2.05) is 38.1 Å². The second-order valence-corrected chi connectivity index (χ2v) is 5.22. The molecule has 0 aliphatic rings. The summed E-state index contributed by atoms with van der Waals surface area (Å²) >= 11 is 0. The number of nitrogens with one attached hydrogen (secondary N) is 2. The number of aromatic nitrogens is 2. The zero-order chi connectivity index (χ0) is 14.4. The molecule has 0 unspecified atom stereocenters. The van der Waals surface area contributed by atoms with Crippen LogP contribution in [0.2, 0.25) is 0 Å². The molecular formula is C15H21N3O2. The number of carbonyl (C=O) groups excluding carboxylic acids is 1. The predicted octanol–water partition coefficient (Wildman–Crippen LogP) is 2.88. The number of hydrogen-bond acceptors (Lipinski definition) is 3. The van der Waals surface area contributed by atoms with E-state index < -0.39 is 0 Å². The molecule has 0 saturated carbocycles. The van der Waals surface area contributed by atoms with Gasteiger partial charge in [0.2, 0.25) is 0 Å². The van der Waals surface area contributed by atoms with Crippen molar-refractivity contribution in [3.8, 4) is 0 Å². The number of fused-ring (bicyclic) bond motifs is 1. The average molecular weight is 275 g/mol. The van der Waals surface area contributed by atoms with Gasteiger partial charge in [0.05, 0.1) is 17.6 Å². The zero-order valence-electron chi connectivity index (χ0n) is 12.0. The van der Waals surface area contributed by atoms with Gasteiger partial charge in [-0.25, -0.2) is 9.78 Å². The van der Waals surface area contributed by atoms with Crippen molar-refractivity contribution in [1.29, 1.82) is 0 Å². The van der Waals surface area contributed by atoms with Crippen LogP contribution in [0.5, 0.6) is 0 Å². The highest BCUT2D eigenvalue weighted by Crippen LogP contribution is 2.11. The molecule has 1 aromatic heterocycles. The minimum atomic E-state index is -0.344. The summed E-state index contributed by atoms with van der Waals surface area (Å²) in [5, 5.41) is 2.74. The van der Waals surface area contributed by atoms with Crippen molar-refractivity contribution in [2.45, 2.75) is 26.7 Å². The molecule has 0 radical (unpaired) electrons. The Morgan fingerprint density at radius 2 is 2.20 bits per heavy atom. The van der Waals surface area contributed by atoms with Crippen molar-refractivity contribution in [2.75, 3.05) is 13.2 Å². The third kappa shape index (κ3) is 4.26. The van der Waals surface area contributed by atoms with E-state index in [1.54, 1.807) is 0 Å². The lowest BCUT2D eigenvalue weighted by Gasteiger charge is -2.08. The quantitative estimate of drug-likeness (QED) is 0.797. The van der Waals surface area contributed by atoms with Crippen LogP contribution in [0.1, 0.15) is 26.1 Å². The first-order valence-electron chi connectivity index (χ1n) is 6.99. The van der Waals surface area contributed by atoms with Crippen LogP contribution >= 0.6 is 0 Å². The van der Waals surface area contributed by atoms with Crippen molar-refractivity contribution < 1.29 is 9.53 Å². The molecule has 2 N–H and O–H groups in total. The summed E-state index contributed by atoms with van der Waals surface area (Å²) in [5.41, 5.74) is 2.03. The van der Waals surface area contributed by atoms with Crippen molar-refractivity contribution in [2.24, 2.45) is 5.92 Å². The normalized spacial score (nSPS) is 10.9. The summed E-state index contributed by atoms with van der Waals surface area (Å²) < 4.78 is 5.03. The second kappa shape index (κ2) is 6.93. The Balaban J connectivity index is 1.69. The number of rotatable bonds is 6. The van der Waals surface area contributed by atoms with E-state index in [1.165, 1.54) is 0 Å². The van der Waals surface area contributed by atoms with E-state index in [9.17, 15) is 4.79 Å². The number of carbonyl (C=O) groups is 1. The van der Waals surface area contributed by atoms with Crippen molar-refractivity contribution in [1.82, 2.24) is 15.3 Å². The van der Waals surface area contributed by atoms with E-state index in [0.29, 0.717) is 19.1 Å². The van der Waals surface area contributed by atoms with E-state index in [4.69, 9.17) is 4.74 Å². The Morgan fingerprint density at radius 3 is 2.95 bits per heavy atom. The van der Waals surface area contributed by atoms with Crippen molar-refractivity contribution in [3.05, 3.63) is 30.1 Å². The molecule has 5 heteroatoms. The number of ether oxygens (including phenoxy) is 1. The van der Waals surface area contributed by atoms with Crippen LogP contribution in [-0.4, -0.2) is 29.2 Å². The largest absolute Gasteiger partial charge is 0.449 e. The van der Waals surface area contributed by atoms with Gasteiger partial charge in [-0.1, -0.05) is 26.0 Å². The predicted molar refractivity (Wildman–Crippen MR) is 78.6 cm³/mol. The van der Waals surface area contributed by atoms with E-state index >= 15 is 0 Å². The SMILES string of the molecule is CC(C)COC(=O)NCCCc1nc2ccccc2[nH]1. The summed E-state index contributed by atoms with van der Waals surface area (Å²) in [7, 11) is 0. The molecule has 108 valence electrons. The number of benzene rings is 1. The number of nitrogens with zero attached hydrogens (tertiary/aromatic N) is 1. The lowest BCUT2D eigenvalue weighted by Crippen LogP contribution is -2.26. The first-order chi connectivity index (χ1) is 9.65. The Labute approximate surface area is 118 Å². The number of aromatic amines is 1. The fraction of sp³-hybridized carbons (Fsp3) is 0.467. The lowest BCUT2D eigenvalue weighted by atomic mass is 10.2. The van der Waals surface area contributed by atoms with Crippen molar-refractivity contribution in [3.63, 3.8) is 0 Å². The summed E-state index contributed by atoms with van der Waals surface area (Å²) in [6, 6.07) is 7.94. The fourth-order valence-electron chi connectivity index (χ4n) is 1.86. The maximum Gasteiger partial charge on any atom is 0.407 e. The topological polar surface area (TPSA) is 67.0 Å². The van der Waals surface area contributed by atoms with Crippen molar-refractivity contribution >= 4 is 17.1 Å². The van der Waals surface area contributed by atoms with Gasteiger partial charge >= 0.3 is 6.09 Å². The molecule has 0 aliphatic carbocycles. The standard InChI is InChI=1S/C15H21N3O2/c1-11(2)10-20-15(19)16-9-5-8-14-17-12-6-3-4-7-13(12)18-14/h3-4,6-7,11H,5,8-10H2,1-2H3,(H,16,19)(H,17,18). The molecule has 2 aromatic rings. The maximum atomic E-state index is 11.3. The molecule has 20 heavy (non-hydrogen) atoms. The van der Waals surface area contributed by atoms with Crippen LogP contribution in [0.15, 0.2) is 24.3 Å². The molecule has 1 heterocycles. The highest BCUT2D eigenvalue weighted by atomic mass is 16.5. The van der Waals surface area contributed by atoms with Gasteiger partial charge in [0.15, 0.2) is 0 Å². The maximum absolute atomic E-state index is 11.3. The summed E-state index contributed by atoms with van der Waals surface area (Å²) in [5.74, 6) is 1.31. The molecule has 1 aromatic carbocycles. The van der Waals surface area contributed by atoms with Crippen LogP contribution in [-0.2, 0) is 11.2 Å². The van der Waals surface area contributed by atoms with Gasteiger partial charge in [0, 0.05) is 13.0 Å². The van der Waals surface area contributed by atoms with E-state index in [-0.39, 0.29) is 6.09 Å². The smallest absolute Gasteiger partial charge is 0.407 e. The first kappa shape index (κ1) is 14.4. The van der Waals surface area contributed by atoms with Gasteiger partial charge < -0.3 is 15.0 Å². The number of aryl methyl sites for hydroxylation is 1. The van der Waals surface area contributed by atoms with Crippen LogP contribution in [0.3, 0.4) is 0 Å². The lowest BCUT2D eigenvalue weighted by molar-refractivity contribution is 0.133. The number of amides is 1. The third-order valence-corrected chi connectivity index (χ3v) is 2.85. The minimum absolute atomic E-state index is 0.344. The first-order valence-corrected chi connectivity index (χ1v) is 6.99. The van der Waals surface area contributed by atoms with Crippen LogP contribution in [0.4, 0.5) is 4.79 Å². The average Bonchev–Trinajstić information content (AvgIpc) is 2.84. The third-order valence-electron chi connectivity index (χ3n) is 2.85. The van der Waals surface area contributed by atoms with Gasteiger partial charge in [-0.3, -0.25) is 0 Å². The Bertz CT molecular complexity index is 530. The van der Waals surface area contributed by atoms with Crippen LogP contribution in [0.25, 0.3) is 11.0 Å². The highest BCUT2D eigenvalue weighted by molar-refractivity contribution is 5.74. The number of imidazole rings is 1. The monoisotopic (exact) mass is 275 g/mol. The molecule has 0 aliphatic heterocycles.